The van der Waals surface area contributed by atoms with Crippen LogP contribution in [-0.2, 0) is 19.7 Å². The summed E-state index contributed by atoms with van der Waals surface area (Å²) >= 11 is 0. The Morgan fingerprint density at radius 3 is 2.13 bits per heavy atom. The zero-order valence-corrected chi connectivity index (χ0v) is 19.1. The lowest BCUT2D eigenvalue weighted by molar-refractivity contribution is -0.153. The summed E-state index contributed by atoms with van der Waals surface area (Å²) < 4.78 is 5.62. The molecule has 0 spiro atoms. The molecular weight excluding hydrogens is 390 g/mol. The number of hydrogen-bond donors (Lipinski definition) is 0. The van der Waals surface area contributed by atoms with Crippen LogP contribution in [0.2, 0.25) is 0 Å². The molecule has 164 valence electrons. The van der Waals surface area contributed by atoms with Gasteiger partial charge in [0, 0.05) is 25.6 Å². The number of benzene rings is 2. The molecule has 5 nitrogen and oxygen atoms in total. The highest BCUT2D eigenvalue weighted by atomic mass is 16.5. The number of piperidine rings is 1. The van der Waals surface area contributed by atoms with Gasteiger partial charge in [-0.05, 0) is 74.4 Å². The van der Waals surface area contributed by atoms with Gasteiger partial charge < -0.3 is 9.64 Å². The smallest absolute Gasteiger partial charge is 0.317 e. The Morgan fingerprint density at radius 2 is 1.55 bits per heavy atom. The zero-order chi connectivity index (χ0) is 22.8. The Hall–Kier alpha value is -2.95. The number of rotatable bonds is 5. The molecule has 2 aromatic rings. The maximum absolute atomic E-state index is 13.3. The minimum Gasteiger partial charge on any atom is -0.457 e. The first kappa shape index (κ1) is 22.7. The van der Waals surface area contributed by atoms with Crippen molar-refractivity contribution in [2.45, 2.75) is 52.9 Å². The van der Waals surface area contributed by atoms with Crippen LogP contribution in [0.15, 0.2) is 36.4 Å². The SMILES string of the molecule is CC(=O)N1CCC(C(=O)OCC(=O)c2cc(C)c(C)c(C)c2C)(c2ccccc2)CC1. The number of Topliss-reactive ketones (excluding diaryl/α,β-unsaturated/α-hetero) is 1. The highest BCUT2D eigenvalue weighted by Gasteiger charge is 2.45. The number of esters is 1. The summed E-state index contributed by atoms with van der Waals surface area (Å²) in [5.74, 6) is -0.583. The molecule has 2 aromatic carbocycles. The van der Waals surface area contributed by atoms with Crippen LogP contribution in [0.5, 0.6) is 0 Å². The van der Waals surface area contributed by atoms with Crippen LogP contribution in [-0.4, -0.2) is 42.3 Å². The number of amides is 1. The minimum absolute atomic E-state index is 0.00536. The third kappa shape index (κ3) is 4.41. The van der Waals surface area contributed by atoms with Gasteiger partial charge in [0.1, 0.15) is 0 Å². The van der Waals surface area contributed by atoms with E-state index in [9.17, 15) is 14.4 Å². The highest BCUT2D eigenvalue weighted by Crippen LogP contribution is 2.37. The number of ketones is 1. The van der Waals surface area contributed by atoms with E-state index in [2.05, 4.69) is 0 Å². The summed E-state index contributed by atoms with van der Waals surface area (Å²) in [7, 11) is 0. The predicted molar refractivity (Wildman–Crippen MR) is 120 cm³/mol. The lowest BCUT2D eigenvalue weighted by atomic mass is 9.72. The molecule has 0 N–H and O–H groups in total. The van der Waals surface area contributed by atoms with Gasteiger partial charge in [0.15, 0.2) is 6.61 Å². The van der Waals surface area contributed by atoms with Crippen LogP contribution in [0.4, 0.5) is 0 Å². The zero-order valence-electron chi connectivity index (χ0n) is 19.1. The van der Waals surface area contributed by atoms with Crippen LogP contribution >= 0.6 is 0 Å². The van der Waals surface area contributed by atoms with E-state index in [1.807, 2.05) is 64.1 Å². The van der Waals surface area contributed by atoms with E-state index in [4.69, 9.17) is 4.74 Å². The Balaban J connectivity index is 1.81. The summed E-state index contributed by atoms with van der Waals surface area (Å²) in [6.45, 7) is 10.2. The average Bonchev–Trinajstić information content (AvgIpc) is 2.78. The van der Waals surface area contributed by atoms with E-state index in [-0.39, 0.29) is 18.3 Å². The number of nitrogens with zero attached hydrogens (tertiary/aromatic N) is 1. The van der Waals surface area contributed by atoms with Crippen LogP contribution in [0.1, 0.15) is 57.9 Å². The second-order valence-electron chi connectivity index (χ2n) is 8.57. The maximum Gasteiger partial charge on any atom is 0.317 e. The van der Waals surface area contributed by atoms with Gasteiger partial charge in [-0.15, -0.1) is 0 Å². The molecule has 1 heterocycles. The van der Waals surface area contributed by atoms with Gasteiger partial charge in [-0.3, -0.25) is 14.4 Å². The van der Waals surface area contributed by atoms with Gasteiger partial charge >= 0.3 is 5.97 Å². The number of carbonyl (C=O) groups is 3. The summed E-state index contributed by atoms with van der Waals surface area (Å²) in [6, 6.07) is 11.4. The van der Waals surface area contributed by atoms with Crippen molar-refractivity contribution in [2.24, 2.45) is 0 Å². The predicted octanol–water partition coefficient (Wildman–Crippen LogP) is 4.23. The molecular formula is C26H31NO4. The average molecular weight is 422 g/mol. The lowest BCUT2D eigenvalue weighted by Crippen LogP contribution is -2.49. The molecule has 0 saturated carbocycles. The third-order valence-electron chi connectivity index (χ3n) is 6.90. The summed E-state index contributed by atoms with van der Waals surface area (Å²) in [5, 5.41) is 0. The molecule has 0 aliphatic carbocycles. The molecule has 1 amide bonds. The first-order chi connectivity index (χ1) is 14.7. The van der Waals surface area contributed by atoms with Crippen molar-refractivity contribution >= 4 is 17.7 Å². The molecule has 5 heteroatoms. The standard InChI is InChI=1S/C26H31NO4/c1-17-15-23(20(4)19(3)18(17)2)24(29)16-31-25(30)26(22-9-7-6-8-10-22)11-13-27(14-12-26)21(5)28/h6-10,15H,11-14,16H2,1-5H3. The van der Waals surface area contributed by atoms with E-state index in [0.29, 0.717) is 31.5 Å². The van der Waals surface area contributed by atoms with Crippen LogP contribution < -0.4 is 0 Å². The van der Waals surface area contributed by atoms with Gasteiger partial charge in [0.2, 0.25) is 11.7 Å². The van der Waals surface area contributed by atoms with Gasteiger partial charge in [0.25, 0.3) is 0 Å². The topological polar surface area (TPSA) is 63.7 Å². The molecule has 0 unspecified atom stereocenters. The molecule has 0 atom stereocenters. The van der Waals surface area contributed by atoms with Gasteiger partial charge in [-0.1, -0.05) is 30.3 Å². The van der Waals surface area contributed by atoms with E-state index in [1.165, 1.54) is 5.56 Å². The van der Waals surface area contributed by atoms with Crippen molar-refractivity contribution in [1.82, 2.24) is 4.90 Å². The second-order valence-corrected chi connectivity index (χ2v) is 8.57. The van der Waals surface area contributed by atoms with Crippen molar-refractivity contribution in [3.63, 3.8) is 0 Å². The van der Waals surface area contributed by atoms with Gasteiger partial charge in [-0.25, -0.2) is 0 Å². The second kappa shape index (κ2) is 9.04. The first-order valence-corrected chi connectivity index (χ1v) is 10.8. The third-order valence-corrected chi connectivity index (χ3v) is 6.90. The van der Waals surface area contributed by atoms with Crippen molar-refractivity contribution in [2.75, 3.05) is 19.7 Å². The summed E-state index contributed by atoms with van der Waals surface area (Å²) in [6.07, 6.45) is 0.955. The molecule has 1 fully saturated rings. The Kier molecular flexibility index (Phi) is 6.63. The molecule has 31 heavy (non-hydrogen) atoms. The first-order valence-electron chi connectivity index (χ1n) is 10.8. The summed E-state index contributed by atoms with van der Waals surface area (Å²) in [5.41, 5.74) is 4.87. The van der Waals surface area contributed by atoms with Crippen molar-refractivity contribution in [1.29, 1.82) is 0 Å². The van der Waals surface area contributed by atoms with E-state index >= 15 is 0 Å². The highest BCUT2D eigenvalue weighted by molar-refractivity contribution is 6.00. The molecule has 3 rings (SSSR count). The number of aryl methyl sites for hydroxylation is 1. The van der Waals surface area contributed by atoms with Gasteiger partial charge in [0.05, 0.1) is 5.41 Å². The molecule has 1 saturated heterocycles. The molecule has 1 aliphatic rings. The fraction of sp³-hybridized carbons (Fsp3) is 0.423. The van der Waals surface area contributed by atoms with E-state index in [1.54, 1.807) is 11.8 Å². The molecule has 0 radical (unpaired) electrons. The van der Waals surface area contributed by atoms with Crippen LogP contribution in [0.25, 0.3) is 0 Å². The van der Waals surface area contributed by atoms with E-state index in [0.717, 1.165) is 22.3 Å². The normalized spacial score (nSPS) is 15.5. The maximum atomic E-state index is 13.3. The summed E-state index contributed by atoms with van der Waals surface area (Å²) in [4.78, 5) is 39.8. The van der Waals surface area contributed by atoms with Crippen molar-refractivity contribution in [3.05, 3.63) is 69.8 Å². The van der Waals surface area contributed by atoms with Crippen molar-refractivity contribution < 1.29 is 19.1 Å². The Labute approximate surface area is 184 Å². The molecule has 0 bridgehead atoms. The Bertz CT molecular complexity index is 1000. The molecule has 0 aromatic heterocycles. The monoisotopic (exact) mass is 421 g/mol. The van der Waals surface area contributed by atoms with Gasteiger partial charge in [-0.2, -0.15) is 0 Å². The lowest BCUT2D eigenvalue weighted by Gasteiger charge is -2.40. The Morgan fingerprint density at radius 1 is 0.935 bits per heavy atom. The van der Waals surface area contributed by atoms with Crippen LogP contribution in [0.3, 0.4) is 0 Å². The van der Waals surface area contributed by atoms with Crippen molar-refractivity contribution in [3.8, 4) is 0 Å². The van der Waals surface area contributed by atoms with E-state index < -0.39 is 11.4 Å². The quantitative estimate of drug-likeness (QED) is 0.535. The fourth-order valence-corrected chi connectivity index (χ4v) is 4.42. The number of carbonyl (C=O) groups excluding carboxylic acids is 3. The fourth-order valence-electron chi connectivity index (χ4n) is 4.42. The minimum atomic E-state index is -0.846. The number of hydrogen-bond acceptors (Lipinski definition) is 4. The number of ether oxygens (including phenoxy) is 1. The van der Waals surface area contributed by atoms with Crippen LogP contribution in [0, 0.1) is 27.7 Å². The largest absolute Gasteiger partial charge is 0.457 e. The number of likely N-dealkylation sites (tertiary alicyclic amines) is 1. The molecule has 1 aliphatic heterocycles.